The van der Waals surface area contributed by atoms with Crippen LogP contribution in [0.5, 0.6) is 0 Å². The minimum Gasteiger partial charge on any atom is -0.266 e. The number of halogens is 4. The lowest BCUT2D eigenvalue weighted by atomic mass is 10.1. The van der Waals surface area contributed by atoms with Crippen molar-refractivity contribution < 1.29 is 13.6 Å². The molecule has 144 valence electrons. The molecule has 1 aliphatic heterocycles. The lowest BCUT2D eigenvalue weighted by Gasteiger charge is -2.18. The molecule has 0 unspecified atom stereocenters. The van der Waals surface area contributed by atoms with Crippen LogP contribution in [-0.4, -0.2) is 11.7 Å². The van der Waals surface area contributed by atoms with E-state index in [0.717, 1.165) is 0 Å². The number of carbonyl (C=O) groups excluding carboxylic acids is 1. The van der Waals surface area contributed by atoms with Gasteiger partial charge in [-0.3, -0.25) is 9.69 Å². The summed E-state index contributed by atoms with van der Waals surface area (Å²) in [5.41, 5.74) is 1.12. The molecule has 0 radical (unpaired) electrons. The van der Waals surface area contributed by atoms with Gasteiger partial charge >= 0.3 is 0 Å². The molecular formula is C22H12Cl2F2N2O. The number of rotatable bonds is 3. The predicted octanol–water partition coefficient (Wildman–Crippen LogP) is 6.11. The quantitative estimate of drug-likeness (QED) is 0.463. The van der Waals surface area contributed by atoms with Crippen LogP contribution < -0.4 is 4.90 Å². The summed E-state index contributed by atoms with van der Waals surface area (Å²) in [7, 11) is 0. The standard InChI is InChI=1S/C22H12Cl2F2N2O/c23-14-6-5-13(18(24)12-14)11-20-22(29)28(16-9-7-15(25)8-10-16)21(27-20)17-3-1-2-4-19(17)26/h1-12H/b20-11+. The van der Waals surface area contributed by atoms with Gasteiger partial charge in [0, 0.05) is 10.0 Å². The second kappa shape index (κ2) is 7.78. The van der Waals surface area contributed by atoms with Crippen molar-refractivity contribution in [1.29, 1.82) is 0 Å². The predicted molar refractivity (Wildman–Crippen MR) is 111 cm³/mol. The van der Waals surface area contributed by atoms with Crippen molar-refractivity contribution >= 4 is 46.7 Å². The van der Waals surface area contributed by atoms with E-state index in [-0.39, 0.29) is 17.1 Å². The first kappa shape index (κ1) is 19.3. The first-order chi connectivity index (χ1) is 13.9. The van der Waals surface area contributed by atoms with Crippen LogP contribution in [-0.2, 0) is 4.79 Å². The van der Waals surface area contributed by atoms with Gasteiger partial charge in [0.2, 0.25) is 0 Å². The third-order valence-corrected chi connectivity index (χ3v) is 4.88. The highest BCUT2D eigenvalue weighted by molar-refractivity contribution is 6.36. The van der Waals surface area contributed by atoms with Gasteiger partial charge in [0.1, 0.15) is 17.3 Å². The van der Waals surface area contributed by atoms with E-state index in [0.29, 0.717) is 21.3 Å². The molecule has 0 fully saturated rings. The van der Waals surface area contributed by atoms with E-state index in [4.69, 9.17) is 23.2 Å². The average Bonchev–Trinajstić information content (AvgIpc) is 3.01. The van der Waals surface area contributed by atoms with Gasteiger partial charge in [-0.25, -0.2) is 13.8 Å². The second-order valence-electron chi connectivity index (χ2n) is 6.23. The Bertz CT molecular complexity index is 1170. The maximum Gasteiger partial charge on any atom is 0.282 e. The minimum absolute atomic E-state index is 0.0665. The topological polar surface area (TPSA) is 32.7 Å². The fraction of sp³-hybridized carbons (Fsp3) is 0. The maximum absolute atomic E-state index is 14.5. The summed E-state index contributed by atoms with van der Waals surface area (Å²) in [4.78, 5) is 18.7. The highest BCUT2D eigenvalue weighted by Crippen LogP contribution is 2.30. The Labute approximate surface area is 175 Å². The molecule has 1 heterocycles. The van der Waals surface area contributed by atoms with Crippen molar-refractivity contribution in [3.8, 4) is 0 Å². The number of carbonyl (C=O) groups is 1. The summed E-state index contributed by atoms with van der Waals surface area (Å²) in [5, 5.41) is 0.805. The van der Waals surface area contributed by atoms with E-state index < -0.39 is 17.5 Å². The molecule has 29 heavy (non-hydrogen) atoms. The Morgan fingerprint density at radius 2 is 1.66 bits per heavy atom. The fourth-order valence-corrected chi connectivity index (χ4v) is 3.40. The zero-order chi connectivity index (χ0) is 20.5. The van der Waals surface area contributed by atoms with Gasteiger partial charge in [0.15, 0.2) is 5.84 Å². The number of amides is 1. The van der Waals surface area contributed by atoms with Crippen LogP contribution in [0.3, 0.4) is 0 Å². The van der Waals surface area contributed by atoms with E-state index >= 15 is 0 Å². The van der Waals surface area contributed by atoms with Gasteiger partial charge in [0.25, 0.3) is 5.91 Å². The molecule has 0 bridgehead atoms. The Kier molecular flexibility index (Phi) is 5.18. The molecule has 3 aromatic rings. The van der Waals surface area contributed by atoms with Crippen molar-refractivity contribution in [3.05, 3.63) is 105 Å². The van der Waals surface area contributed by atoms with Crippen molar-refractivity contribution in [1.82, 2.24) is 0 Å². The van der Waals surface area contributed by atoms with Crippen LogP contribution in [0.2, 0.25) is 10.0 Å². The number of nitrogens with zero attached hydrogens (tertiary/aromatic N) is 2. The molecule has 3 nitrogen and oxygen atoms in total. The maximum atomic E-state index is 14.5. The molecule has 0 saturated heterocycles. The smallest absolute Gasteiger partial charge is 0.266 e. The summed E-state index contributed by atoms with van der Waals surface area (Å²) in [6, 6.07) is 16.1. The van der Waals surface area contributed by atoms with Crippen molar-refractivity contribution in [3.63, 3.8) is 0 Å². The third-order valence-electron chi connectivity index (χ3n) is 4.31. The van der Waals surface area contributed by atoms with E-state index in [1.54, 1.807) is 30.3 Å². The Morgan fingerprint density at radius 3 is 2.34 bits per heavy atom. The van der Waals surface area contributed by atoms with Gasteiger partial charge in [-0.1, -0.05) is 41.4 Å². The summed E-state index contributed by atoms with van der Waals surface area (Å²) in [6.45, 7) is 0. The van der Waals surface area contributed by atoms with E-state index in [1.165, 1.54) is 47.4 Å². The molecule has 4 rings (SSSR count). The number of amidine groups is 1. The molecule has 0 N–H and O–H groups in total. The van der Waals surface area contributed by atoms with Gasteiger partial charge in [-0.05, 0) is 60.2 Å². The highest BCUT2D eigenvalue weighted by atomic mass is 35.5. The van der Waals surface area contributed by atoms with Crippen LogP contribution in [0.25, 0.3) is 6.08 Å². The van der Waals surface area contributed by atoms with Crippen molar-refractivity contribution in [2.75, 3.05) is 4.90 Å². The Hall–Kier alpha value is -3.02. The van der Waals surface area contributed by atoms with Crippen LogP contribution in [0.1, 0.15) is 11.1 Å². The van der Waals surface area contributed by atoms with Crippen LogP contribution in [0.4, 0.5) is 14.5 Å². The third kappa shape index (κ3) is 3.79. The number of aliphatic imine (C=N–C) groups is 1. The molecule has 0 aromatic heterocycles. The van der Waals surface area contributed by atoms with Gasteiger partial charge in [-0.2, -0.15) is 0 Å². The van der Waals surface area contributed by atoms with Gasteiger partial charge < -0.3 is 0 Å². The van der Waals surface area contributed by atoms with E-state index in [1.807, 2.05) is 0 Å². The SMILES string of the molecule is O=C1/C(=C\c2ccc(Cl)cc2Cl)N=C(c2ccccc2F)N1c1ccc(F)cc1. The minimum atomic E-state index is -0.531. The fourth-order valence-electron chi connectivity index (χ4n) is 2.94. The van der Waals surface area contributed by atoms with Gasteiger partial charge in [0.05, 0.1) is 11.3 Å². The molecule has 1 aliphatic rings. The number of hydrogen-bond acceptors (Lipinski definition) is 2. The monoisotopic (exact) mass is 428 g/mol. The summed E-state index contributed by atoms with van der Waals surface area (Å²) < 4.78 is 27.8. The molecule has 7 heteroatoms. The summed E-state index contributed by atoms with van der Waals surface area (Å²) in [6.07, 6.45) is 1.51. The molecular weight excluding hydrogens is 417 g/mol. The zero-order valence-corrected chi connectivity index (χ0v) is 16.3. The Balaban J connectivity index is 1.86. The molecule has 0 spiro atoms. The molecule has 0 saturated carbocycles. The van der Waals surface area contributed by atoms with Crippen LogP contribution in [0, 0.1) is 11.6 Å². The first-order valence-electron chi connectivity index (χ1n) is 8.54. The molecule has 0 aliphatic carbocycles. The zero-order valence-electron chi connectivity index (χ0n) is 14.7. The lowest BCUT2D eigenvalue weighted by Crippen LogP contribution is -2.33. The molecule has 1 amide bonds. The molecule has 0 atom stereocenters. The average molecular weight is 429 g/mol. The number of benzene rings is 3. The lowest BCUT2D eigenvalue weighted by molar-refractivity contribution is -0.113. The van der Waals surface area contributed by atoms with Crippen molar-refractivity contribution in [2.24, 2.45) is 4.99 Å². The number of hydrogen-bond donors (Lipinski definition) is 0. The Morgan fingerprint density at radius 1 is 0.931 bits per heavy atom. The highest BCUT2D eigenvalue weighted by Gasteiger charge is 2.33. The van der Waals surface area contributed by atoms with Crippen LogP contribution in [0.15, 0.2) is 77.4 Å². The molecule has 3 aromatic carbocycles. The normalized spacial score (nSPS) is 15.2. The largest absolute Gasteiger partial charge is 0.282 e. The van der Waals surface area contributed by atoms with E-state index in [9.17, 15) is 13.6 Å². The summed E-state index contributed by atoms with van der Waals surface area (Å²) in [5.74, 6) is -1.36. The van der Waals surface area contributed by atoms with Gasteiger partial charge in [-0.15, -0.1) is 0 Å². The van der Waals surface area contributed by atoms with Crippen molar-refractivity contribution in [2.45, 2.75) is 0 Å². The first-order valence-corrected chi connectivity index (χ1v) is 9.30. The van der Waals surface area contributed by atoms with E-state index in [2.05, 4.69) is 4.99 Å². The second-order valence-corrected chi connectivity index (χ2v) is 7.07. The number of anilines is 1. The van der Waals surface area contributed by atoms with Crippen LogP contribution >= 0.6 is 23.2 Å². The summed E-state index contributed by atoms with van der Waals surface area (Å²) >= 11 is 12.1.